The molecular formula is C12H11F3N2O3. The van der Waals surface area contributed by atoms with Gasteiger partial charge in [0.1, 0.15) is 19.0 Å². The fourth-order valence-corrected chi connectivity index (χ4v) is 1.51. The highest BCUT2D eigenvalue weighted by molar-refractivity contribution is 5.64. The molecule has 1 N–H and O–H groups in total. The van der Waals surface area contributed by atoms with Crippen LogP contribution in [-0.4, -0.2) is 28.0 Å². The second-order valence-electron chi connectivity index (χ2n) is 4.09. The first-order valence-electron chi connectivity index (χ1n) is 5.63. The molecule has 0 amide bonds. The van der Waals surface area contributed by atoms with Crippen LogP contribution in [0.15, 0.2) is 22.7 Å². The molecule has 20 heavy (non-hydrogen) atoms. The van der Waals surface area contributed by atoms with Gasteiger partial charge >= 0.3 is 6.18 Å². The lowest BCUT2D eigenvalue weighted by Gasteiger charge is -2.04. The van der Waals surface area contributed by atoms with Gasteiger partial charge in [-0.2, -0.15) is 18.2 Å². The molecular weight excluding hydrogens is 277 g/mol. The molecule has 0 fully saturated rings. The van der Waals surface area contributed by atoms with Crippen molar-refractivity contribution in [2.24, 2.45) is 0 Å². The lowest BCUT2D eigenvalue weighted by molar-refractivity contribution is -0.177. The van der Waals surface area contributed by atoms with Crippen LogP contribution in [0.25, 0.3) is 11.5 Å². The number of hydrogen-bond acceptors (Lipinski definition) is 5. The number of aromatic nitrogens is 2. The number of alkyl halides is 3. The summed E-state index contributed by atoms with van der Waals surface area (Å²) in [7, 11) is 0. The Bertz CT molecular complexity index is 596. The van der Waals surface area contributed by atoms with E-state index in [4.69, 9.17) is 4.52 Å². The van der Waals surface area contributed by atoms with E-state index < -0.39 is 19.4 Å². The number of para-hydroxylation sites is 1. The molecule has 1 heterocycles. The lowest BCUT2D eigenvalue weighted by atomic mass is 10.1. The molecule has 2 rings (SSSR count). The summed E-state index contributed by atoms with van der Waals surface area (Å²) < 4.78 is 45.0. The van der Waals surface area contributed by atoms with Crippen LogP contribution in [0.4, 0.5) is 13.2 Å². The van der Waals surface area contributed by atoms with Crippen molar-refractivity contribution in [2.75, 3.05) is 6.61 Å². The fourth-order valence-electron chi connectivity index (χ4n) is 1.51. The van der Waals surface area contributed by atoms with Gasteiger partial charge in [0.25, 0.3) is 5.89 Å². The first-order valence-corrected chi connectivity index (χ1v) is 5.63. The molecule has 0 saturated carbocycles. The highest BCUT2D eigenvalue weighted by Gasteiger charge is 2.27. The molecule has 0 spiro atoms. The van der Waals surface area contributed by atoms with Gasteiger partial charge in [0.15, 0.2) is 5.82 Å². The van der Waals surface area contributed by atoms with E-state index in [9.17, 15) is 18.3 Å². The van der Waals surface area contributed by atoms with E-state index in [2.05, 4.69) is 14.9 Å². The second kappa shape index (κ2) is 5.49. The highest BCUT2D eigenvalue weighted by atomic mass is 19.4. The van der Waals surface area contributed by atoms with Crippen LogP contribution in [0.5, 0.6) is 5.75 Å². The Kier molecular flexibility index (Phi) is 3.93. The van der Waals surface area contributed by atoms with Gasteiger partial charge in [-0.05, 0) is 18.6 Å². The smallest absolute Gasteiger partial charge is 0.411 e. The predicted octanol–water partition coefficient (Wildman–Crippen LogP) is 2.83. The number of benzene rings is 1. The van der Waals surface area contributed by atoms with Crippen molar-refractivity contribution < 1.29 is 27.5 Å². The zero-order chi connectivity index (χ0) is 14.8. The SMILES string of the molecule is Cc1cccc(-c2nc(COCC(F)(F)F)no2)c1O. The zero-order valence-electron chi connectivity index (χ0n) is 10.4. The van der Waals surface area contributed by atoms with Crippen molar-refractivity contribution >= 4 is 0 Å². The highest BCUT2D eigenvalue weighted by Crippen LogP contribution is 2.30. The maximum atomic E-state index is 11.9. The van der Waals surface area contributed by atoms with Crippen molar-refractivity contribution in [1.82, 2.24) is 10.1 Å². The van der Waals surface area contributed by atoms with E-state index in [1.165, 1.54) is 0 Å². The van der Waals surface area contributed by atoms with Crippen LogP contribution in [-0.2, 0) is 11.3 Å². The summed E-state index contributed by atoms with van der Waals surface area (Å²) in [5.74, 6) is -0.0131. The summed E-state index contributed by atoms with van der Waals surface area (Å²) in [4.78, 5) is 3.87. The Balaban J connectivity index is 2.07. The van der Waals surface area contributed by atoms with Crippen molar-refractivity contribution in [3.05, 3.63) is 29.6 Å². The standard InChI is InChI=1S/C12H11F3N2O3/c1-7-3-2-4-8(10(7)18)11-16-9(17-20-11)5-19-6-12(13,14)15/h2-4,18H,5-6H2,1H3. The minimum Gasteiger partial charge on any atom is -0.507 e. The first kappa shape index (κ1) is 14.3. The number of aromatic hydroxyl groups is 1. The first-order chi connectivity index (χ1) is 9.37. The van der Waals surface area contributed by atoms with E-state index in [1.54, 1.807) is 25.1 Å². The fraction of sp³-hybridized carbons (Fsp3) is 0.333. The molecule has 8 heteroatoms. The minimum absolute atomic E-state index is 0.0149. The number of phenolic OH excluding ortho intramolecular Hbond substituents is 1. The average Bonchev–Trinajstić information content (AvgIpc) is 2.79. The minimum atomic E-state index is -4.40. The monoisotopic (exact) mass is 288 g/mol. The van der Waals surface area contributed by atoms with Gasteiger partial charge in [-0.1, -0.05) is 17.3 Å². The van der Waals surface area contributed by atoms with Gasteiger partial charge in [0.05, 0.1) is 5.56 Å². The summed E-state index contributed by atoms with van der Waals surface area (Å²) >= 11 is 0. The third kappa shape index (κ3) is 3.47. The Morgan fingerprint density at radius 1 is 1.35 bits per heavy atom. The van der Waals surface area contributed by atoms with Gasteiger partial charge in [-0.25, -0.2) is 0 Å². The Hall–Kier alpha value is -2.09. The van der Waals surface area contributed by atoms with Crippen molar-refractivity contribution in [3.8, 4) is 17.2 Å². The summed E-state index contributed by atoms with van der Waals surface area (Å²) in [5, 5.41) is 13.3. The lowest BCUT2D eigenvalue weighted by Crippen LogP contribution is -2.16. The second-order valence-corrected chi connectivity index (χ2v) is 4.09. The predicted molar refractivity (Wildman–Crippen MR) is 61.8 cm³/mol. The van der Waals surface area contributed by atoms with Crippen LogP contribution < -0.4 is 0 Å². The Labute approximate surface area is 112 Å². The molecule has 0 atom stereocenters. The third-order valence-electron chi connectivity index (χ3n) is 2.43. The normalized spacial score (nSPS) is 11.8. The van der Waals surface area contributed by atoms with E-state index >= 15 is 0 Å². The van der Waals surface area contributed by atoms with Crippen LogP contribution in [0.1, 0.15) is 11.4 Å². The molecule has 0 aliphatic rings. The van der Waals surface area contributed by atoms with Crippen molar-refractivity contribution in [2.45, 2.75) is 19.7 Å². The summed E-state index contributed by atoms with van der Waals surface area (Å²) in [6, 6.07) is 4.95. The summed E-state index contributed by atoms with van der Waals surface area (Å²) in [6.45, 7) is -0.106. The van der Waals surface area contributed by atoms with Gasteiger partial charge in [0, 0.05) is 0 Å². The molecule has 0 unspecified atom stereocenters. The summed E-state index contributed by atoms with van der Waals surface area (Å²) in [5.41, 5.74) is 0.940. The largest absolute Gasteiger partial charge is 0.507 e. The molecule has 1 aromatic carbocycles. The van der Waals surface area contributed by atoms with E-state index in [-0.39, 0.29) is 17.5 Å². The number of rotatable bonds is 4. The molecule has 0 aliphatic carbocycles. The van der Waals surface area contributed by atoms with E-state index in [0.29, 0.717) is 11.1 Å². The zero-order valence-corrected chi connectivity index (χ0v) is 10.4. The number of hydrogen-bond donors (Lipinski definition) is 1. The topological polar surface area (TPSA) is 68.4 Å². The molecule has 0 radical (unpaired) electrons. The van der Waals surface area contributed by atoms with Crippen LogP contribution in [0.3, 0.4) is 0 Å². The molecule has 5 nitrogen and oxygen atoms in total. The van der Waals surface area contributed by atoms with Gasteiger partial charge in [-0.3, -0.25) is 0 Å². The third-order valence-corrected chi connectivity index (χ3v) is 2.43. The number of ether oxygens (including phenoxy) is 1. The molecule has 0 saturated heterocycles. The number of nitrogens with zero attached hydrogens (tertiary/aromatic N) is 2. The van der Waals surface area contributed by atoms with Crippen LogP contribution in [0, 0.1) is 6.92 Å². The molecule has 108 valence electrons. The van der Waals surface area contributed by atoms with Gasteiger partial charge in [0.2, 0.25) is 0 Å². The molecule has 0 bridgehead atoms. The number of halogens is 3. The molecule has 0 aliphatic heterocycles. The maximum Gasteiger partial charge on any atom is 0.411 e. The molecule has 2 aromatic rings. The molecule has 1 aromatic heterocycles. The number of aryl methyl sites for hydroxylation is 1. The Morgan fingerprint density at radius 2 is 2.10 bits per heavy atom. The average molecular weight is 288 g/mol. The van der Waals surface area contributed by atoms with Crippen LogP contribution >= 0.6 is 0 Å². The summed E-state index contributed by atoms with van der Waals surface area (Å²) in [6.07, 6.45) is -4.40. The van der Waals surface area contributed by atoms with E-state index in [0.717, 1.165) is 0 Å². The maximum absolute atomic E-state index is 11.9. The van der Waals surface area contributed by atoms with Gasteiger partial charge in [-0.15, -0.1) is 0 Å². The quantitative estimate of drug-likeness (QED) is 0.937. The van der Waals surface area contributed by atoms with Crippen molar-refractivity contribution in [3.63, 3.8) is 0 Å². The Morgan fingerprint density at radius 3 is 2.80 bits per heavy atom. The van der Waals surface area contributed by atoms with E-state index in [1.807, 2.05) is 0 Å². The van der Waals surface area contributed by atoms with Crippen molar-refractivity contribution in [1.29, 1.82) is 0 Å². The number of phenols is 1. The van der Waals surface area contributed by atoms with Crippen LogP contribution in [0.2, 0.25) is 0 Å². The van der Waals surface area contributed by atoms with Gasteiger partial charge < -0.3 is 14.4 Å².